The third kappa shape index (κ3) is 5.02. The van der Waals surface area contributed by atoms with Crippen LogP contribution in [0.2, 0.25) is 0 Å². The van der Waals surface area contributed by atoms with Crippen LogP contribution in [0.3, 0.4) is 0 Å². The average molecular weight is 744 g/mol. The van der Waals surface area contributed by atoms with Gasteiger partial charge in [0, 0.05) is 66.6 Å². The number of benzene rings is 9. The molecule has 0 aliphatic heterocycles. The van der Waals surface area contributed by atoms with E-state index in [0.717, 1.165) is 105 Å². The number of nitrogens with zero attached hydrogens (tertiary/aromatic N) is 1. The zero-order valence-corrected chi connectivity index (χ0v) is 31.2. The van der Waals surface area contributed by atoms with Crippen LogP contribution >= 0.6 is 0 Å². The van der Waals surface area contributed by atoms with Gasteiger partial charge in [0.1, 0.15) is 22.3 Å². The van der Waals surface area contributed by atoms with E-state index in [-0.39, 0.29) is 0 Å². The molecule has 0 saturated carbocycles. The van der Waals surface area contributed by atoms with Crippen LogP contribution in [0.15, 0.2) is 213 Å². The van der Waals surface area contributed by atoms with Crippen LogP contribution in [-0.2, 0) is 0 Å². The molecule has 0 N–H and O–H groups in total. The van der Waals surface area contributed by atoms with Gasteiger partial charge in [-0.3, -0.25) is 0 Å². The molecule has 0 spiro atoms. The lowest BCUT2D eigenvalue weighted by Gasteiger charge is -2.26. The number of anilines is 3. The molecule has 3 heterocycles. The molecular weight excluding hydrogens is 711 g/mol. The highest BCUT2D eigenvalue weighted by Crippen LogP contribution is 2.51. The van der Waals surface area contributed by atoms with Crippen LogP contribution in [0.1, 0.15) is 0 Å². The first-order valence-electron chi connectivity index (χ1n) is 19.6. The van der Waals surface area contributed by atoms with E-state index in [2.05, 4.69) is 169 Å². The summed E-state index contributed by atoms with van der Waals surface area (Å²) in [6, 6.07) is 70.2. The van der Waals surface area contributed by atoms with E-state index >= 15 is 0 Å². The van der Waals surface area contributed by atoms with Crippen LogP contribution in [0.5, 0.6) is 0 Å². The molecule has 4 heteroatoms. The highest BCUT2D eigenvalue weighted by molar-refractivity contribution is 6.30. The molecule has 9 aromatic carbocycles. The molecule has 0 atom stereocenters. The van der Waals surface area contributed by atoms with Crippen molar-refractivity contribution in [1.29, 1.82) is 0 Å². The van der Waals surface area contributed by atoms with Crippen molar-refractivity contribution in [2.24, 2.45) is 0 Å². The second-order valence-corrected chi connectivity index (χ2v) is 14.8. The van der Waals surface area contributed by atoms with E-state index in [1.807, 2.05) is 36.4 Å². The molecule has 0 amide bonds. The molecule has 0 bridgehead atoms. The van der Waals surface area contributed by atoms with Gasteiger partial charge in [-0.1, -0.05) is 140 Å². The van der Waals surface area contributed by atoms with Gasteiger partial charge in [-0.2, -0.15) is 0 Å². The Morgan fingerprint density at radius 1 is 0.276 bits per heavy atom. The Morgan fingerprint density at radius 2 is 0.672 bits per heavy atom. The third-order valence-corrected chi connectivity index (χ3v) is 11.5. The Kier molecular flexibility index (Phi) is 7.20. The maximum Gasteiger partial charge on any atom is 0.179 e. The molecule has 4 nitrogen and oxygen atoms in total. The van der Waals surface area contributed by atoms with Crippen molar-refractivity contribution < 1.29 is 13.3 Å². The van der Waals surface area contributed by atoms with E-state index in [4.69, 9.17) is 13.3 Å². The fourth-order valence-corrected chi connectivity index (χ4v) is 8.85. The van der Waals surface area contributed by atoms with Crippen molar-refractivity contribution in [1.82, 2.24) is 0 Å². The molecule has 12 rings (SSSR count). The van der Waals surface area contributed by atoms with Gasteiger partial charge in [-0.05, 0) is 76.9 Å². The topological polar surface area (TPSA) is 42.7 Å². The molecule has 0 aliphatic rings. The van der Waals surface area contributed by atoms with Crippen molar-refractivity contribution in [3.05, 3.63) is 200 Å². The molecule has 0 unspecified atom stereocenters. The number of rotatable bonds is 6. The van der Waals surface area contributed by atoms with Crippen molar-refractivity contribution >= 4 is 82.9 Å². The highest BCUT2D eigenvalue weighted by Gasteiger charge is 2.26. The SMILES string of the molecule is c1ccc(-c2ccc(N(c3ccc(-c4c(-c5ccccc5)c5c6ccccc6oc5c5oc6ccccc6c45)cc3)c3ccc4c(c3)oc3ccccc34)cc2)cc1. The highest BCUT2D eigenvalue weighted by atomic mass is 16.4. The Bertz CT molecular complexity index is 3480. The molecule has 58 heavy (non-hydrogen) atoms. The Labute approximate surface area is 333 Å². The van der Waals surface area contributed by atoms with Crippen LogP contribution in [0.25, 0.3) is 99.2 Å². The van der Waals surface area contributed by atoms with Gasteiger partial charge in [0.2, 0.25) is 0 Å². The predicted octanol–water partition coefficient (Wildman–Crippen LogP) is 15.9. The van der Waals surface area contributed by atoms with Gasteiger partial charge < -0.3 is 18.2 Å². The number of furan rings is 3. The second-order valence-electron chi connectivity index (χ2n) is 14.8. The minimum atomic E-state index is 0.755. The summed E-state index contributed by atoms with van der Waals surface area (Å²) in [5.41, 5.74) is 14.8. The summed E-state index contributed by atoms with van der Waals surface area (Å²) in [5.74, 6) is 0. The molecule has 3 aromatic heterocycles. The molecule has 0 fully saturated rings. The van der Waals surface area contributed by atoms with E-state index in [1.54, 1.807) is 0 Å². The summed E-state index contributed by atoms with van der Waals surface area (Å²) in [6.07, 6.45) is 0. The van der Waals surface area contributed by atoms with Gasteiger partial charge in [0.15, 0.2) is 11.2 Å². The van der Waals surface area contributed by atoms with Gasteiger partial charge in [-0.15, -0.1) is 0 Å². The first-order chi connectivity index (χ1) is 28.8. The first kappa shape index (κ1) is 32.4. The van der Waals surface area contributed by atoms with Gasteiger partial charge in [-0.25, -0.2) is 0 Å². The largest absolute Gasteiger partial charge is 0.456 e. The summed E-state index contributed by atoms with van der Waals surface area (Å²) in [7, 11) is 0. The number of fused-ring (bicyclic) bond motifs is 10. The second kappa shape index (κ2) is 12.9. The molecule has 0 saturated heterocycles. The monoisotopic (exact) mass is 743 g/mol. The summed E-state index contributed by atoms with van der Waals surface area (Å²) in [6.45, 7) is 0. The van der Waals surface area contributed by atoms with E-state index in [0.29, 0.717) is 0 Å². The third-order valence-electron chi connectivity index (χ3n) is 11.5. The minimum absolute atomic E-state index is 0.755. The average Bonchev–Trinajstić information content (AvgIpc) is 3.99. The van der Waals surface area contributed by atoms with Crippen LogP contribution in [-0.4, -0.2) is 0 Å². The van der Waals surface area contributed by atoms with Crippen LogP contribution < -0.4 is 4.90 Å². The molecule has 12 aromatic rings. The zero-order valence-electron chi connectivity index (χ0n) is 31.2. The van der Waals surface area contributed by atoms with E-state index in [1.165, 1.54) is 11.1 Å². The van der Waals surface area contributed by atoms with Crippen LogP contribution in [0, 0.1) is 0 Å². The van der Waals surface area contributed by atoms with Crippen LogP contribution in [0.4, 0.5) is 17.1 Å². The van der Waals surface area contributed by atoms with Crippen molar-refractivity contribution in [3.63, 3.8) is 0 Å². The molecule has 272 valence electrons. The number of para-hydroxylation sites is 3. The van der Waals surface area contributed by atoms with Gasteiger partial charge in [0.25, 0.3) is 0 Å². The lowest BCUT2D eigenvalue weighted by Crippen LogP contribution is -2.09. The first-order valence-corrected chi connectivity index (χ1v) is 19.6. The fourth-order valence-electron chi connectivity index (χ4n) is 8.85. The number of hydrogen-bond donors (Lipinski definition) is 0. The molecule has 0 aliphatic carbocycles. The van der Waals surface area contributed by atoms with Crippen molar-refractivity contribution in [2.75, 3.05) is 4.90 Å². The Morgan fingerprint density at radius 3 is 1.24 bits per heavy atom. The molecular formula is C54H33NO3. The predicted molar refractivity (Wildman–Crippen MR) is 239 cm³/mol. The normalized spacial score (nSPS) is 11.8. The van der Waals surface area contributed by atoms with E-state index < -0.39 is 0 Å². The van der Waals surface area contributed by atoms with Crippen molar-refractivity contribution in [2.45, 2.75) is 0 Å². The molecule has 0 radical (unpaired) electrons. The summed E-state index contributed by atoms with van der Waals surface area (Å²) >= 11 is 0. The quantitative estimate of drug-likeness (QED) is 0.170. The van der Waals surface area contributed by atoms with Gasteiger partial charge in [0.05, 0.1) is 0 Å². The Balaban J connectivity index is 1.09. The summed E-state index contributed by atoms with van der Waals surface area (Å²) in [5, 5.41) is 6.41. The lowest BCUT2D eigenvalue weighted by molar-refractivity contribution is 0.633. The smallest absolute Gasteiger partial charge is 0.179 e. The number of hydrogen-bond acceptors (Lipinski definition) is 4. The summed E-state index contributed by atoms with van der Waals surface area (Å²) in [4.78, 5) is 2.30. The maximum absolute atomic E-state index is 6.71. The Hall–Kier alpha value is -7.82. The fraction of sp³-hybridized carbons (Fsp3) is 0. The van der Waals surface area contributed by atoms with Crippen molar-refractivity contribution in [3.8, 4) is 33.4 Å². The lowest BCUT2D eigenvalue weighted by atomic mass is 9.87. The zero-order chi connectivity index (χ0) is 38.2. The standard InChI is InChI=1S/C54H33NO3/c1-3-13-34(14-4-1)35-23-27-38(28-24-35)55(40-31-32-42-41-17-7-10-20-45(41)56-48(42)33-40)39-29-25-37(26-30-39)50-49(36-15-5-2-6-16-36)51-43-18-8-11-21-46(43)57-53(51)54-52(50)44-19-9-12-22-47(44)58-54/h1-33H. The minimum Gasteiger partial charge on any atom is -0.456 e. The summed E-state index contributed by atoms with van der Waals surface area (Å²) < 4.78 is 19.8. The maximum atomic E-state index is 6.71. The van der Waals surface area contributed by atoms with E-state index in [9.17, 15) is 0 Å². The van der Waals surface area contributed by atoms with Gasteiger partial charge >= 0.3 is 0 Å².